The molecule has 41 heavy (non-hydrogen) atoms. The normalized spacial score (nSPS) is 20.5. The Hall–Kier alpha value is -4.71. The van der Waals surface area contributed by atoms with Crippen molar-refractivity contribution in [2.45, 2.75) is 33.9 Å². The van der Waals surface area contributed by atoms with Crippen molar-refractivity contribution in [3.63, 3.8) is 0 Å². The quantitative estimate of drug-likeness (QED) is 0.266. The van der Waals surface area contributed by atoms with Crippen LogP contribution in [0.25, 0.3) is 0 Å². The summed E-state index contributed by atoms with van der Waals surface area (Å²) in [5, 5.41) is 0. The van der Waals surface area contributed by atoms with Crippen molar-refractivity contribution in [2.75, 3.05) is 16.8 Å². The largest absolute Gasteiger partial charge is 0.462 e. The summed E-state index contributed by atoms with van der Waals surface area (Å²) < 4.78 is 13.0. The highest BCUT2D eigenvalue weighted by molar-refractivity contribution is 6.85. The summed E-state index contributed by atoms with van der Waals surface area (Å²) in [7, 11) is 2.14. The lowest BCUT2D eigenvalue weighted by molar-refractivity contribution is 0.430. The lowest BCUT2D eigenvalue weighted by Gasteiger charge is -2.30. The molecule has 2 heterocycles. The maximum atomic E-state index is 6.53. The number of anilines is 2. The minimum atomic E-state index is -0.356. The Morgan fingerprint density at radius 2 is 1.39 bits per heavy atom. The van der Waals surface area contributed by atoms with Gasteiger partial charge in [0.15, 0.2) is 0 Å². The number of rotatable bonds is 4. The zero-order valence-corrected chi connectivity index (χ0v) is 24.2. The fraction of sp³-hybridized carbons (Fsp3) is 0.171. The number of hydrogen-bond acceptors (Lipinski definition) is 5. The van der Waals surface area contributed by atoms with Crippen molar-refractivity contribution in [3.8, 4) is 17.2 Å². The number of benzene rings is 4. The molecule has 4 aromatic carbocycles. The Morgan fingerprint density at radius 1 is 0.756 bits per heavy atom. The van der Waals surface area contributed by atoms with Gasteiger partial charge in [-0.2, -0.15) is 0 Å². The van der Waals surface area contributed by atoms with Crippen LogP contribution in [0.5, 0.6) is 17.2 Å². The monoisotopic (exact) mass is 539 g/mol. The first-order valence-electron chi connectivity index (χ1n) is 14.0. The van der Waals surface area contributed by atoms with E-state index in [1.54, 1.807) is 0 Å². The first-order valence-corrected chi connectivity index (χ1v) is 14.0. The molecule has 0 unspecified atom stereocenters. The van der Waals surface area contributed by atoms with Crippen LogP contribution in [0.3, 0.4) is 0 Å². The van der Waals surface area contributed by atoms with Gasteiger partial charge in [-0.15, -0.1) is 0 Å². The number of aryl methyl sites for hydroxylation is 1. The van der Waals surface area contributed by atoms with E-state index in [-0.39, 0.29) is 13.0 Å². The predicted octanol–water partition coefficient (Wildman–Crippen LogP) is 6.84. The van der Waals surface area contributed by atoms with E-state index in [1.807, 2.05) is 67.7 Å². The molecule has 0 saturated carbocycles. The van der Waals surface area contributed by atoms with Crippen LogP contribution in [0.4, 0.5) is 11.4 Å². The zero-order chi connectivity index (χ0) is 28.5. The Morgan fingerprint density at radius 3 is 2.17 bits per heavy atom. The third-order valence-corrected chi connectivity index (χ3v) is 7.90. The standard InChI is InChI=1S/C35H34BN3O2/c1-24-14-6-11-19-33(24)41-35-21-13-8-16-29(35)36-28-15-7-12-20-34(28)40-26(3)22-25(2)32(23-37-36)39-27(4)38(5)30-17-9-10-18-31(30)39/h6-23,27H,1-5H3/b26-22+,32-25+,37-23+/t27-/m0/s1. The van der Waals surface area contributed by atoms with E-state index in [2.05, 4.69) is 86.2 Å². The van der Waals surface area contributed by atoms with Crippen molar-refractivity contribution < 1.29 is 9.47 Å². The van der Waals surface area contributed by atoms with Crippen LogP contribution >= 0.6 is 0 Å². The lowest BCUT2D eigenvalue weighted by Crippen LogP contribution is -2.43. The summed E-state index contributed by atoms with van der Waals surface area (Å²) in [4.78, 5) is 9.98. The van der Waals surface area contributed by atoms with Crippen molar-refractivity contribution >= 4 is 35.4 Å². The average Bonchev–Trinajstić information content (AvgIpc) is 3.22. The van der Waals surface area contributed by atoms with Gasteiger partial charge >= 0.3 is 6.85 Å². The van der Waals surface area contributed by atoms with Gasteiger partial charge in [-0.3, -0.25) is 0 Å². The number of para-hydroxylation sites is 5. The van der Waals surface area contributed by atoms with Crippen LogP contribution in [0.15, 0.2) is 125 Å². The fourth-order valence-electron chi connectivity index (χ4n) is 5.67. The second-order valence-electron chi connectivity index (χ2n) is 10.7. The van der Waals surface area contributed by atoms with Gasteiger partial charge in [-0.05, 0) is 86.2 Å². The minimum absolute atomic E-state index is 0.115. The Bertz CT molecular complexity index is 1690. The molecule has 6 rings (SSSR count). The maximum absolute atomic E-state index is 6.53. The van der Waals surface area contributed by atoms with Crippen LogP contribution < -0.4 is 30.2 Å². The van der Waals surface area contributed by atoms with Crippen molar-refractivity contribution in [2.24, 2.45) is 4.90 Å². The molecule has 0 radical (unpaired) electrons. The van der Waals surface area contributed by atoms with Gasteiger partial charge in [0, 0.05) is 13.3 Å². The maximum Gasteiger partial charge on any atom is 0.351 e. The number of nitrogens with zero attached hydrogens (tertiary/aromatic N) is 3. The molecule has 0 bridgehead atoms. The third kappa shape index (κ3) is 5.02. The van der Waals surface area contributed by atoms with Gasteiger partial charge in [0.1, 0.15) is 29.2 Å². The predicted molar refractivity (Wildman–Crippen MR) is 172 cm³/mol. The van der Waals surface area contributed by atoms with Gasteiger partial charge < -0.3 is 24.2 Å². The van der Waals surface area contributed by atoms with Gasteiger partial charge in [0.25, 0.3) is 0 Å². The van der Waals surface area contributed by atoms with Gasteiger partial charge in [-0.25, -0.2) is 0 Å². The topological polar surface area (TPSA) is 37.3 Å². The van der Waals surface area contributed by atoms with E-state index in [9.17, 15) is 0 Å². The molecule has 2 aliphatic heterocycles. The van der Waals surface area contributed by atoms with Crippen molar-refractivity contribution in [1.29, 1.82) is 0 Å². The summed E-state index contributed by atoms with van der Waals surface area (Å²) >= 11 is 0. The van der Waals surface area contributed by atoms with Gasteiger partial charge in [0.05, 0.1) is 17.1 Å². The SMILES string of the molecule is C\C1=C/C(C)=C(N2c3ccccc3N(C)[C@@H]2C)\C=N\B(c2ccccc2Oc2ccccc2C)c2ccccc2O1. The summed E-state index contributed by atoms with van der Waals surface area (Å²) in [6.07, 6.45) is 4.24. The van der Waals surface area contributed by atoms with E-state index in [0.717, 1.165) is 56.5 Å². The molecule has 0 spiro atoms. The highest BCUT2D eigenvalue weighted by Crippen LogP contribution is 2.41. The van der Waals surface area contributed by atoms with E-state index >= 15 is 0 Å². The molecular weight excluding hydrogens is 505 g/mol. The minimum Gasteiger partial charge on any atom is -0.462 e. The Labute approximate surface area is 243 Å². The first kappa shape index (κ1) is 26.5. The smallest absolute Gasteiger partial charge is 0.351 e. The molecule has 0 fully saturated rings. The number of ether oxygens (including phenoxy) is 2. The first-order chi connectivity index (χ1) is 19.9. The van der Waals surface area contributed by atoms with Crippen LogP contribution in [0.2, 0.25) is 0 Å². The highest BCUT2D eigenvalue weighted by atomic mass is 16.5. The summed E-state index contributed by atoms with van der Waals surface area (Å²) in [5.74, 6) is 3.20. The van der Waals surface area contributed by atoms with E-state index in [4.69, 9.17) is 14.4 Å². The molecule has 0 saturated heterocycles. The molecule has 5 nitrogen and oxygen atoms in total. The average molecular weight is 539 g/mol. The van der Waals surface area contributed by atoms with Crippen LogP contribution in [0, 0.1) is 6.92 Å². The number of fused-ring (bicyclic) bond motifs is 2. The van der Waals surface area contributed by atoms with Crippen molar-refractivity contribution in [1.82, 2.24) is 0 Å². The fourth-order valence-corrected chi connectivity index (χ4v) is 5.67. The molecule has 0 aliphatic carbocycles. The van der Waals surface area contributed by atoms with E-state index in [0.29, 0.717) is 0 Å². The molecule has 204 valence electrons. The molecule has 4 aromatic rings. The second-order valence-corrected chi connectivity index (χ2v) is 10.7. The number of hydrogen-bond donors (Lipinski definition) is 0. The van der Waals surface area contributed by atoms with Crippen molar-refractivity contribution in [3.05, 3.63) is 126 Å². The van der Waals surface area contributed by atoms with E-state index in [1.165, 1.54) is 5.69 Å². The third-order valence-electron chi connectivity index (χ3n) is 7.90. The molecule has 6 heteroatoms. The molecule has 0 aromatic heterocycles. The molecule has 0 amide bonds. The van der Waals surface area contributed by atoms with Gasteiger partial charge in [0.2, 0.25) is 0 Å². The summed E-state index contributed by atoms with van der Waals surface area (Å²) in [5.41, 5.74) is 7.48. The molecular formula is C35H34BN3O2. The van der Waals surface area contributed by atoms with Crippen LogP contribution in [-0.4, -0.2) is 26.3 Å². The Kier molecular flexibility index (Phi) is 7.15. The van der Waals surface area contributed by atoms with Crippen LogP contribution in [-0.2, 0) is 0 Å². The number of allylic oxidation sites excluding steroid dienone is 4. The highest BCUT2D eigenvalue weighted by Gasteiger charge is 2.34. The molecule has 1 atom stereocenters. The van der Waals surface area contributed by atoms with E-state index < -0.39 is 0 Å². The van der Waals surface area contributed by atoms with Gasteiger partial charge in [-0.1, -0.05) is 66.7 Å². The Balaban J connectivity index is 1.52. The lowest BCUT2D eigenvalue weighted by atomic mass is 9.51. The summed E-state index contributed by atoms with van der Waals surface area (Å²) in [6.45, 7) is 8.06. The second kappa shape index (κ2) is 11.0. The molecule has 2 aliphatic rings. The van der Waals surface area contributed by atoms with Crippen LogP contribution in [0.1, 0.15) is 26.3 Å². The molecule has 0 N–H and O–H groups in total. The summed E-state index contributed by atoms with van der Waals surface area (Å²) in [6, 6.07) is 32.9. The zero-order valence-electron chi connectivity index (χ0n) is 24.2.